The maximum atomic E-state index is 12.1. The molecule has 0 aromatic carbocycles. The normalized spacial score (nSPS) is 15.8. The van der Waals surface area contributed by atoms with Gasteiger partial charge in [0.15, 0.2) is 0 Å². The van der Waals surface area contributed by atoms with Crippen molar-refractivity contribution in [2.75, 3.05) is 45.8 Å². The van der Waals surface area contributed by atoms with Crippen LogP contribution in [0, 0.1) is 0 Å². The average Bonchev–Trinajstić information content (AvgIpc) is 3.02. The number of tetrazole rings is 1. The van der Waals surface area contributed by atoms with Gasteiger partial charge in [0.2, 0.25) is 11.8 Å². The molecule has 1 fully saturated rings. The molecule has 0 saturated carbocycles. The molecule has 1 aliphatic rings. The van der Waals surface area contributed by atoms with Gasteiger partial charge in [-0.3, -0.25) is 14.5 Å². The molecule has 122 valence electrons. The van der Waals surface area contributed by atoms with E-state index < -0.39 is 0 Å². The molecular formula is C13H23N7O2. The lowest BCUT2D eigenvalue weighted by Crippen LogP contribution is -2.52. The number of rotatable bonds is 6. The van der Waals surface area contributed by atoms with Crippen molar-refractivity contribution in [2.45, 2.75) is 20.4 Å². The Hall–Kier alpha value is -2.03. The molecule has 9 nitrogen and oxygen atoms in total. The summed E-state index contributed by atoms with van der Waals surface area (Å²) in [5, 5.41) is 10.7. The molecular weight excluding hydrogens is 286 g/mol. The Kier molecular flexibility index (Phi) is 5.82. The van der Waals surface area contributed by atoms with Crippen molar-refractivity contribution < 1.29 is 9.59 Å². The van der Waals surface area contributed by atoms with Crippen LogP contribution in [0.3, 0.4) is 0 Å². The van der Waals surface area contributed by atoms with Gasteiger partial charge < -0.3 is 9.80 Å². The number of hydrogen-bond donors (Lipinski definition) is 0. The summed E-state index contributed by atoms with van der Waals surface area (Å²) in [6.45, 7) is 8.72. The van der Waals surface area contributed by atoms with E-state index in [1.54, 1.807) is 4.90 Å². The van der Waals surface area contributed by atoms with Crippen LogP contribution in [0.15, 0.2) is 6.33 Å². The number of likely N-dealkylation sites (N-methyl/N-ethyl adjacent to an activating group) is 1. The summed E-state index contributed by atoms with van der Waals surface area (Å²) in [5.41, 5.74) is 0. The molecule has 0 bridgehead atoms. The Labute approximate surface area is 129 Å². The average molecular weight is 309 g/mol. The van der Waals surface area contributed by atoms with Gasteiger partial charge in [0, 0.05) is 39.3 Å². The number of hydrogen-bond acceptors (Lipinski definition) is 6. The first kappa shape index (κ1) is 16.3. The van der Waals surface area contributed by atoms with Crippen LogP contribution in [0.4, 0.5) is 0 Å². The van der Waals surface area contributed by atoms with Crippen molar-refractivity contribution in [3.05, 3.63) is 6.33 Å². The van der Waals surface area contributed by atoms with Crippen LogP contribution in [0.5, 0.6) is 0 Å². The summed E-state index contributed by atoms with van der Waals surface area (Å²) in [7, 11) is 0. The third-order valence-electron chi connectivity index (χ3n) is 3.89. The van der Waals surface area contributed by atoms with Crippen LogP contribution in [0.25, 0.3) is 0 Å². The van der Waals surface area contributed by atoms with E-state index in [4.69, 9.17) is 0 Å². The fourth-order valence-corrected chi connectivity index (χ4v) is 2.51. The Morgan fingerprint density at radius 3 is 2.32 bits per heavy atom. The second-order valence-electron chi connectivity index (χ2n) is 5.23. The molecule has 22 heavy (non-hydrogen) atoms. The highest BCUT2D eigenvalue weighted by atomic mass is 16.2. The molecule has 0 spiro atoms. The predicted octanol–water partition coefficient (Wildman–Crippen LogP) is -1.31. The van der Waals surface area contributed by atoms with E-state index in [1.165, 1.54) is 11.0 Å². The Balaban J connectivity index is 1.75. The molecule has 0 unspecified atom stereocenters. The van der Waals surface area contributed by atoms with E-state index in [-0.39, 0.29) is 18.4 Å². The van der Waals surface area contributed by atoms with Crippen LogP contribution in [-0.2, 0) is 16.1 Å². The van der Waals surface area contributed by atoms with Gasteiger partial charge in [-0.2, -0.15) is 0 Å². The number of carbonyl (C=O) groups excluding carboxylic acids is 2. The second-order valence-corrected chi connectivity index (χ2v) is 5.23. The third-order valence-corrected chi connectivity index (χ3v) is 3.89. The number of carbonyl (C=O) groups is 2. The molecule has 9 heteroatoms. The summed E-state index contributed by atoms with van der Waals surface area (Å²) in [5.74, 6) is 0.153. The standard InChI is InChI=1S/C13H23N7O2/c1-3-18(4-2)12(21)9-17-5-7-19(8-6-17)13(22)10-20-11-14-15-16-20/h11H,3-10H2,1-2H3. The maximum Gasteiger partial charge on any atom is 0.244 e. The lowest BCUT2D eigenvalue weighted by atomic mass is 10.3. The third kappa shape index (κ3) is 4.23. The first-order valence-corrected chi connectivity index (χ1v) is 7.62. The minimum atomic E-state index is 0.00187. The molecule has 1 saturated heterocycles. The highest BCUT2D eigenvalue weighted by molar-refractivity contribution is 5.78. The van der Waals surface area contributed by atoms with E-state index >= 15 is 0 Å². The number of piperazine rings is 1. The predicted molar refractivity (Wildman–Crippen MR) is 78.8 cm³/mol. The van der Waals surface area contributed by atoms with Crippen molar-refractivity contribution in [1.29, 1.82) is 0 Å². The van der Waals surface area contributed by atoms with Crippen molar-refractivity contribution >= 4 is 11.8 Å². The molecule has 1 aromatic rings. The molecule has 0 atom stereocenters. The van der Waals surface area contributed by atoms with Gasteiger partial charge in [-0.15, -0.1) is 5.10 Å². The van der Waals surface area contributed by atoms with Gasteiger partial charge in [0.25, 0.3) is 0 Å². The molecule has 0 radical (unpaired) electrons. The van der Waals surface area contributed by atoms with Gasteiger partial charge >= 0.3 is 0 Å². The highest BCUT2D eigenvalue weighted by Gasteiger charge is 2.23. The van der Waals surface area contributed by atoms with Crippen molar-refractivity contribution in [1.82, 2.24) is 34.9 Å². The smallest absolute Gasteiger partial charge is 0.244 e. The van der Waals surface area contributed by atoms with Crippen LogP contribution < -0.4 is 0 Å². The molecule has 0 N–H and O–H groups in total. The second kappa shape index (κ2) is 7.83. The SMILES string of the molecule is CCN(CC)C(=O)CN1CCN(C(=O)Cn2cnnn2)CC1. The first-order valence-electron chi connectivity index (χ1n) is 7.62. The van der Waals surface area contributed by atoms with Crippen LogP contribution in [0.1, 0.15) is 13.8 Å². The van der Waals surface area contributed by atoms with Gasteiger partial charge in [0.1, 0.15) is 12.9 Å². The van der Waals surface area contributed by atoms with E-state index in [9.17, 15) is 9.59 Å². The number of nitrogens with zero attached hydrogens (tertiary/aromatic N) is 7. The summed E-state index contributed by atoms with van der Waals surface area (Å²) in [4.78, 5) is 29.9. The summed E-state index contributed by atoms with van der Waals surface area (Å²) >= 11 is 0. The Bertz CT molecular complexity index is 479. The lowest BCUT2D eigenvalue weighted by Gasteiger charge is -2.35. The van der Waals surface area contributed by atoms with Gasteiger partial charge in [-0.25, -0.2) is 4.68 Å². The minimum absolute atomic E-state index is 0.00187. The number of aromatic nitrogens is 4. The van der Waals surface area contributed by atoms with E-state index in [0.717, 1.165) is 13.1 Å². The zero-order valence-electron chi connectivity index (χ0n) is 13.2. The lowest BCUT2D eigenvalue weighted by molar-refractivity contribution is -0.135. The van der Waals surface area contributed by atoms with Gasteiger partial charge in [0.05, 0.1) is 6.54 Å². The first-order chi connectivity index (χ1) is 10.6. The molecule has 0 aliphatic carbocycles. The summed E-state index contributed by atoms with van der Waals surface area (Å²) in [6.07, 6.45) is 1.43. The van der Waals surface area contributed by atoms with E-state index in [0.29, 0.717) is 32.7 Å². The van der Waals surface area contributed by atoms with E-state index in [2.05, 4.69) is 20.4 Å². The van der Waals surface area contributed by atoms with Crippen molar-refractivity contribution in [3.63, 3.8) is 0 Å². The monoisotopic (exact) mass is 309 g/mol. The molecule has 2 amide bonds. The Morgan fingerprint density at radius 2 is 1.77 bits per heavy atom. The van der Waals surface area contributed by atoms with E-state index in [1.807, 2.05) is 18.7 Å². The zero-order chi connectivity index (χ0) is 15.9. The maximum absolute atomic E-state index is 12.1. The summed E-state index contributed by atoms with van der Waals surface area (Å²) in [6, 6.07) is 0. The Morgan fingerprint density at radius 1 is 1.09 bits per heavy atom. The molecule has 1 aromatic heterocycles. The van der Waals surface area contributed by atoms with Crippen LogP contribution >= 0.6 is 0 Å². The number of amides is 2. The molecule has 2 heterocycles. The van der Waals surface area contributed by atoms with Gasteiger partial charge in [-0.1, -0.05) is 0 Å². The topological polar surface area (TPSA) is 87.5 Å². The largest absolute Gasteiger partial charge is 0.342 e. The van der Waals surface area contributed by atoms with Crippen LogP contribution in [-0.4, -0.2) is 92.5 Å². The summed E-state index contributed by atoms with van der Waals surface area (Å²) < 4.78 is 1.42. The molecule has 2 rings (SSSR count). The van der Waals surface area contributed by atoms with Crippen LogP contribution in [0.2, 0.25) is 0 Å². The molecule has 1 aliphatic heterocycles. The zero-order valence-corrected chi connectivity index (χ0v) is 13.2. The minimum Gasteiger partial charge on any atom is -0.342 e. The van der Waals surface area contributed by atoms with Crippen molar-refractivity contribution in [2.24, 2.45) is 0 Å². The fraction of sp³-hybridized carbons (Fsp3) is 0.769. The highest BCUT2D eigenvalue weighted by Crippen LogP contribution is 2.04. The van der Waals surface area contributed by atoms with Gasteiger partial charge in [-0.05, 0) is 24.3 Å². The quantitative estimate of drug-likeness (QED) is 0.648. The fourth-order valence-electron chi connectivity index (χ4n) is 2.51. The van der Waals surface area contributed by atoms with Crippen molar-refractivity contribution in [3.8, 4) is 0 Å².